The van der Waals surface area contributed by atoms with E-state index in [1.54, 1.807) is 0 Å². The third-order valence-electron chi connectivity index (χ3n) is 3.26. The van der Waals surface area contributed by atoms with E-state index >= 15 is 0 Å². The Morgan fingerprint density at radius 1 is 1.41 bits per heavy atom. The number of hydrogen-bond acceptors (Lipinski definition) is 3. The van der Waals surface area contributed by atoms with E-state index < -0.39 is 23.9 Å². The SMILES string of the molecule is CC(C)C(CC(=O)O)C1CCN(C(=O)O)C1=O. The van der Waals surface area contributed by atoms with Crippen molar-refractivity contribution in [1.29, 1.82) is 0 Å². The van der Waals surface area contributed by atoms with Crippen molar-refractivity contribution in [3.8, 4) is 0 Å². The van der Waals surface area contributed by atoms with Crippen LogP contribution in [0.1, 0.15) is 26.7 Å². The zero-order valence-corrected chi connectivity index (χ0v) is 9.92. The third-order valence-corrected chi connectivity index (χ3v) is 3.26. The van der Waals surface area contributed by atoms with Gasteiger partial charge in [-0.2, -0.15) is 0 Å². The molecule has 0 aromatic heterocycles. The van der Waals surface area contributed by atoms with Crippen molar-refractivity contribution < 1.29 is 24.6 Å². The lowest BCUT2D eigenvalue weighted by atomic mass is 9.80. The Morgan fingerprint density at radius 3 is 2.35 bits per heavy atom. The second kappa shape index (κ2) is 5.16. The molecule has 96 valence electrons. The van der Waals surface area contributed by atoms with Crippen molar-refractivity contribution >= 4 is 18.0 Å². The summed E-state index contributed by atoms with van der Waals surface area (Å²) in [6, 6.07) is 0. The van der Waals surface area contributed by atoms with Crippen LogP contribution in [0.25, 0.3) is 0 Å². The summed E-state index contributed by atoms with van der Waals surface area (Å²) in [6.07, 6.45) is -0.932. The van der Waals surface area contributed by atoms with Gasteiger partial charge in [0.05, 0.1) is 0 Å². The molecule has 0 saturated carbocycles. The van der Waals surface area contributed by atoms with Gasteiger partial charge in [0.15, 0.2) is 0 Å². The number of carbonyl (C=O) groups excluding carboxylic acids is 1. The Kier molecular flexibility index (Phi) is 4.09. The summed E-state index contributed by atoms with van der Waals surface area (Å²) in [5, 5.41) is 17.6. The molecule has 0 aromatic carbocycles. The maximum Gasteiger partial charge on any atom is 0.414 e. The van der Waals surface area contributed by atoms with Crippen molar-refractivity contribution in [3.05, 3.63) is 0 Å². The zero-order valence-electron chi connectivity index (χ0n) is 9.92. The van der Waals surface area contributed by atoms with Crippen LogP contribution in [-0.2, 0) is 9.59 Å². The largest absolute Gasteiger partial charge is 0.481 e. The first kappa shape index (κ1) is 13.5. The van der Waals surface area contributed by atoms with Gasteiger partial charge < -0.3 is 10.2 Å². The first-order valence-corrected chi connectivity index (χ1v) is 5.60. The van der Waals surface area contributed by atoms with Crippen LogP contribution in [0.4, 0.5) is 4.79 Å². The monoisotopic (exact) mass is 243 g/mol. The minimum atomic E-state index is -1.25. The smallest absolute Gasteiger partial charge is 0.414 e. The Bertz CT molecular complexity index is 339. The van der Waals surface area contributed by atoms with E-state index in [1.165, 1.54) is 0 Å². The van der Waals surface area contributed by atoms with Gasteiger partial charge in [-0.15, -0.1) is 0 Å². The van der Waals surface area contributed by atoms with Gasteiger partial charge in [-0.1, -0.05) is 13.8 Å². The highest BCUT2D eigenvalue weighted by Gasteiger charge is 2.41. The normalized spacial score (nSPS) is 21.9. The van der Waals surface area contributed by atoms with Crippen LogP contribution in [0.15, 0.2) is 0 Å². The minimum absolute atomic E-state index is 0.0359. The predicted octanol–water partition coefficient (Wildman–Crippen LogP) is 1.26. The molecular formula is C11H17NO5. The summed E-state index contributed by atoms with van der Waals surface area (Å²) in [4.78, 5) is 34.1. The van der Waals surface area contributed by atoms with Crippen LogP contribution in [0.2, 0.25) is 0 Å². The highest BCUT2D eigenvalue weighted by molar-refractivity contribution is 5.94. The molecule has 1 aliphatic heterocycles. The number of amides is 2. The van der Waals surface area contributed by atoms with E-state index in [9.17, 15) is 14.4 Å². The van der Waals surface area contributed by atoms with E-state index in [2.05, 4.69) is 0 Å². The van der Waals surface area contributed by atoms with Crippen molar-refractivity contribution in [2.75, 3.05) is 6.54 Å². The molecule has 2 atom stereocenters. The molecule has 2 unspecified atom stereocenters. The highest BCUT2D eigenvalue weighted by Crippen LogP contribution is 2.33. The summed E-state index contributed by atoms with van der Waals surface area (Å²) in [7, 11) is 0. The maximum atomic E-state index is 11.8. The predicted molar refractivity (Wildman–Crippen MR) is 58.4 cm³/mol. The molecule has 6 heteroatoms. The fourth-order valence-electron chi connectivity index (χ4n) is 2.33. The van der Waals surface area contributed by atoms with Crippen LogP contribution in [0.3, 0.4) is 0 Å². The van der Waals surface area contributed by atoms with Crippen LogP contribution < -0.4 is 0 Å². The van der Waals surface area contributed by atoms with Gasteiger partial charge in [-0.3, -0.25) is 9.59 Å². The molecule has 2 N–H and O–H groups in total. The third kappa shape index (κ3) is 2.95. The highest BCUT2D eigenvalue weighted by atomic mass is 16.4. The molecule has 0 spiro atoms. The fourth-order valence-corrected chi connectivity index (χ4v) is 2.33. The number of nitrogens with zero attached hydrogens (tertiary/aromatic N) is 1. The number of carboxylic acids is 1. The first-order valence-electron chi connectivity index (χ1n) is 5.60. The lowest BCUT2D eigenvalue weighted by Gasteiger charge is -2.24. The summed E-state index contributed by atoms with van der Waals surface area (Å²) >= 11 is 0. The van der Waals surface area contributed by atoms with Gasteiger partial charge in [0, 0.05) is 18.9 Å². The average molecular weight is 243 g/mol. The summed E-state index contributed by atoms with van der Waals surface area (Å²) < 4.78 is 0. The molecule has 1 aliphatic rings. The molecule has 1 rings (SSSR count). The van der Waals surface area contributed by atoms with Gasteiger partial charge in [0.2, 0.25) is 5.91 Å². The van der Waals surface area contributed by atoms with Crippen molar-refractivity contribution in [3.63, 3.8) is 0 Å². The average Bonchev–Trinajstić information content (AvgIpc) is 2.56. The second-order valence-electron chi connectivity index (χ2n) is 4.67. The Labute approximate surface area is 99.2 Å². The molecule has 1 fully saturated rings. The number of carboxylic acid groups (broad SMARTS) is 2. The molecule has 6 nitrogen and oxygen atoms in total. The summed E-state index contributed by atoms with van der Waals surface area (Å²) in [6.45, 7) is 3.87. The lowest BCUT2D eigenvalue weighted by Crippen LogP contribution is -2.35. The Balaban J connectivity index is 2.80. The topological polar surface area (TPSA) is 94.9 Å². The fraction of sp³-hybridized carbons (Fsp3) is 0.727. The van der Waals surface area contributed by atoms with Crippen LogP contribution in [0, 0.1) is 17.8 Å². The van der Waals surface area contributed by atoms with Crippen LogP contribution >= 0.6 is 0 Å². The number of hydrogen-bond donors (Lipinski definition) is 2. The standard InChI is InChI=1S/C11H17NO5/c1-6(2)8(5-9(13)14)7-3-4-12(10(7)15)11(16)17/h6-8H,3-5H2,1-2H3,(H,13,14)(H,16,17). The van der Waals surface area contributed by atoms with Crippen LogP contribution in [0.5, 0.6) is 0 Å². The van der Waals surface area contributed by atoms with Gasteiger partial charge >= 0.3 is 12.1 Å². The van der Waals surface area contributed by atoms with Gasteiger partial charge in [0.1, 0.15) is 0 Å². The molecule has 0 radical (unpaired) electrons. The van der Waals surface area contributed by atoms with Gasteiger partial charge in [0.25, 0.3) is 0 Å². The Hall–Kier alpha value is -1.59. The number of rotatable bonds is 4. The van der Waals surface area contributed by atoms with Crippen molar-refractivity contribution in [1.82, 2.24) is 4.90 Å². The Morgan fingerprint density at radius 2 is 2.00 bits per heavy atom. The summed E-state index contributed by atoms with van der Waals surface area (Å²) in [5.74, 6) is -2.16. The van der Waals surface area contributed by atoms with Crippen LogP contribution in [-0.4, -0.2) is 39.6 Å². The maximum absolute atomic E-state index is 11.8. The van der Waals surface area contributed by atoms with E-state index in [1.807, 2.05) is 13.8 Å². The quantitative estimate of drug-likeness (QED) is 0.775. The molecule has 0 aliphatic carbocycles. The van der Waals surface area contributed by atoms with E-state index in [-0.39, 0.29) is 24.8 Å². The van der Waals surface area contributed by atoms with Gasteiger partial charge in [-0.05, 0) is 18.3 Å². The minimum Gasteiger partial charge on any atom is -0.481 e. The van der Waals surface area contributed by atoms with E-state index in [0.717, 1.165) is 4.90 Å². The molecule has 1 saturated heterocycles. The molecule has 1 heterocycles. The van der Waals surface area contributed by atoms with E-state index in [4.69, 9.17) is 10.2 Å². The summed E-state index contributed by atoms with van der Waals surface area (Å²) in [5.41, 5.74) is 0. The zero-order chi connectivity index (χ0) is 13.2. The van der Waals surface area contributed by atoms with Crippen molar-refractivity contribution in [2.24, 2.45) is 17.8 Å². The molecule has 0 bridgehead atoms. The molecule has 0 aromatic rings. The van der Waals surface area contributed by atoms with Gasteiger partial charge in [-0.25, -0.2) is 9.69 Å². The molecule has 17 heavy (non-hydrogen) atoms. The number of imide groups is 1. The second-order valence-corrected chi connectivity index (χ2v) is 4.67. The number of likely N-dealkylation sites (tertiary alicyclic amines) is 1. The number of aliphatic carboxylic acids is 1. The first-order chi connectivity index (χ1) is 7.84. The number of carbonyl (C=O) groups is 3. The lowest BCUT2D eigenvalue weighted by molar-refractivity contribution is -0.140. The molecule has 2 amide bonds. The van der Waals surface area contributed by atoms with E-state index in [0.29, 0.717) is 6.42 Å². The van der Waals surface area contributed by atoms with Crippen molar-refractivity contribution in [2.45, 2.75) is 26.7 Å². The molecular weight excluding hydrogens is 226 g/mol.